The predicted molar refractivity (Wildman–Crippen MR) is 65.8 cm³/mol. The molecule has 2 rings (SSSR count). The average Bonchev–Trinajstić information content (AvgIpc) is 2.55. The maximum Gasteiger partial charge on any atom is 0.263 e. The molecule has 1 aliphatic heterocycles. The van der Waals surface area contributed by atoms with Gasteiger partial charge in [-0.25, -0.2) is 0 Å². The van der Waals surface area contributed by atoms with Crippen LogP contribution in [0.4, 0.5) is 0 Å². The summed E-state index contributed by atoms with van der Waals surface area (Å²) in [5, 5.41) is 0.519. The molecular formula is C11H11BrClNO2. The summed E-state index contributed by atoms with van der Waals surface area (Å²) in [5.74, 6) is 0.556. The zero-order valence-corrected chi connectivity index (χ0v) is 11.1. The third-order valence-corrected chi connectivity index (χ3v) is 3.35. The highest BCUT2D eigenvalue weighted by Crippen LogP contribution is 2.30. The smallest absolute Gasteiger partial charge is 0.263 e. The molecule has 1 saturated heterocycles. The lowest BCUT2D eigenvalue weighted by Gasteiger charge is -2.14. The van der Waals surface area contributed by atoms with Gasteiger partial charge in [0.2, 0.25) is 0 Å². The van der Waals surface area contributed by atoms with E-state index < -0.39 is 6.10 Å². The van der Waals surface area contributed by atoms with Gasteiger partial charge in [0.25, 0.3) is 5.91 Å². The predicted octanol–water partition coefficient (Wildman–Crippen LogP) is 2.71. The van der Waals surface area contributed by atoms with Gasteiger partial charge in [-0.15, -0.1) is 0 Å². The number of rotatable bonds is 2. The Morgan fingerprint density at radius 1 is 1.56 bits per heavy atom. The fourth-order valence-corrected chi connectivity index (χ4v) is 2.12. The van der Waals surface area contributed by atoms with E-state index in [9.17, 15) is 4.79 Å². The van der Waals surface area contributed by atoms with E-state index in [1.54, 1.807) is 24.1 Å². The molecule has 1 unspecified atom stereocenters. The summed E-state index contributed by atoms with van der Waals surface area (Å²) >= 11 is 9.33. The van der Waals surface area contributed by atoms with Gasteiger partial charge in [0.1, 0.15) is 5.75 Å². The Balaban J connectivity index is 2.15. The van der Waals surface area contributed by atoms with E-state index in [0.29, 0.717) is 17.2 Å². The number of halogens is 2. The molecule has 0 saturated carbocycles. The Bertz CT molecular complexity index is 424. The van der Waals surface area contributed by atoms with Gasteiger partial charge in [0, 0.05) is 24.5 Å². The van der Waals surface area contributed by atoms with Crippen LogP contribution >= 0.6 is 27.5 Å². The molecule has 1 aromatic carbocycles. The summed E-state index contributed by atoms with van der Waals surface area (Å²) in [6, 6.07) is 5.34. The fourth-order valence-electron chi connectivity index (χ4n) is 1.62. The molecule has 1 aromatic rings. The molecule has 1 atom stereocenters. The first-order chi connectivity index (χ1) is 7.58. The van der Waals surface area contributed by atoms with Crippen molar-refractivity contribution in [2.75, 3.05) is 13.6 Å². The SMILES string of the molecule is CN1CCC(Oc2cc(Br)ccc2Cl)C1=O. The van der Waals surface area contributed by atoms with Crippen molar-refractivity contribution < 1.29 is 9.53 Å². The molecule has 86 valence electrons. The van der Waals surface area contributed by atoms with Gasteiger partial charge in [-0.2, -0.15) is 0 Å². The Hall–Kier alpha value is -0.740. The molecule has 16 heavy (non-hydrogen) atoms. The van der Waals surface area contributed by atoms with Crippen molar-refractivity contribution in [3.63, 3.8) is 0 Å². The van der Waals surface area contributed by atoms with Crippen molar-refractivity contribution in [3.8, 4) is 5.75 Å². The molecular weight excluding hydrogens is 293 g/mol. The van der Waals surface area contributed by atoms with Crippen LogP contribution in [0.3, 0.4) is 0 Å². The summed E-state index contributed by atoms with van der Waals surface area (Å²) in [7, 11) is 1.77. The fraction of sp³-hybridized carbons (Fsp3) is 0.364. The van der Waals surface area contributed by atoms with Crippen LogP contribution in [0.1, 0.15) is 6.42 Å². The number of hydrogen-bond acceptors (Lipinski definition) is 2. The van der Waals surface area contributed by atoms with Crippen molar-refractivity contribution in [2.45, 2.75) is 12.5 Å². The van der Waals surface area contributed by atoms with Crippen LogP contribution in [0.25, 0.3) is 0 Å². The Labute approximate surface area is 107 Å². The summed E-state index contributed by atoms with van der Waals surface area (Å²) in [6.07, 6.45) is 0.301. The lowest BCUT2D eigenvalue weighted by atomic mass is 10.3. The second kappa shape index (κ2) is 4.63. The molecule has 0 N–H and O–H groups in total. The van der Waals surface area contributed by atoms with Crippen LogP contribution in [-0.2, 0) is 4.79 Å². The minimum Gasteiger partial charge on any atom is -0.479 e. The number of amides is 1. The molecule has 0 bridgehead atoms. The van der Waals surface area contributed by atoms with E-state index in [0.717, 1.165) is 11.0 Å². The van der Waals surface area contributed by atoms with Crippen LogP contribution in [-0.4, -0.2) is 30.5 Å². The molecule has 0 radical (unpaired) electrons. The average molecular weight is 305 g/mol. The number of benzene rings is 1. The molecule has 1 amide bonds. The maximum absolute atomic E-state index is 11.7. The topological polar surface area (TPSA) is 29.5 Å². The lowest BCUT2D eigenvalue weighted by molar-refractivity contribution is -0.132. The van der Waals surface area contributed by atoms with E-state index in [1.807, 2.05) is 6.07 Å². The Morgan fingerprint density at radius 3 is 2.94 bits per heavy atom. The summed E-state index contributed by atoms with van der Waals surface area (Å²) < 4.78 is 6.50. The molecule has 1 fully saturated rings. The van der Waals surface area contributed by atoms with Gasteiger partial charge >= 0.3 is 0 Å². The van der Waals surface area contributed by atoms with E-state index in [4.69, 9.17) is 16.3 Å². The first-order valence-corrected chi connectivity index (χ1v) is 6.11. The quantitative estimate of drug-likeness (QED) is 0.841. The van der Waals surface area contributed by atoms with Gasteiger partial charge in [-0.1, -0.05) is 27.5 Å². The molecule has 0 spiro atoms. The first-order valence-electron chi connectivity index (χ1n) is 4.94. The van der Waals surface area contributed by atoms with E-state index in [1.165, 1.54) is 0 Å². The van der Waals surface area contributed by atoms with Gasteiger partial charge < -0.3 is 9.64 Å². The normalized spacial score (nSPS) is 20.3. The van der Waals surface area contributed by atoms with Crippen LogP contribution < -0.4 is 4.74 Å². The second-order valence-electron chi connectivity index (χ2n) is 3.73. The van der Waals surface area contributed by atoms with Crippen molar-refractivity contribution in [1.29, 1.82) is 0 Å². The number of carbonyl (C=O) groups is 1. The van der Waals surface area contributed by atoms with Crippen LogP contribution in [0.15, 0.2) is 22.7 Å². The minimum absolute atomic E-state index is 0.0102. The van der Waals surface area contributed by atoms with Crippen LogP contribution in [0.2, 0.25) is 5.02 Å². The Morgan fingerprint density at radius 2 is 2.31 bits per heavy atom. The standard InChI is InChI=1S/C11H11BrClNO2/c1-14-5-4-9(11(14)15)16-10-6-7(12)2-3-8(10)13/h2-3,6,9H,4-5H2,1H3. The zero-order chi connectivity index (χ0) is 11.7. The molecule has 0 aliphatic carbocycles. The van der Waals surface area contributed by atoms with Crippen molar-refractivity contribution in [1.82, 2.24) is 4.90 Å². The number of carbonyl (C=O) groups excluding carboxylic acids is 1. The molecule has 3 nitrogen and oxygen atoms in total. The number of nitrogens with zero attached hydrogens (tertiary/aromatic N) is 1. The van der Waals surface area contributed by atoms with E-state index in [-0.39, 0.29) is 5.91 Å². The number of likely N-dealkylation sites (tertiary alicyclic amines) is 1. The highest BCUT2D eigenvalue weighted by atomic mass is 79.9. The van der Waals surface area contributed by atoms with E-state index in [2.05, 4.69) is 15.9 Å². The first kappa shape index (κ1) is 11.7. The third-order valence-electron chi connectivity index (χ3n) is 2.54. The van der Waals surface area contributed by atoms with Gasteiger partial charge in [0.15, 0.2) is 6.10 Å². The maximum atomic E-state index is 11.7. The van der Waals surface area contributed by atoms with Gasteiger partial charge in [0.05, 0.1) is 5.02 Å². The monoisotopic (exact) mass is 303 g/mol. The summed E-state index contributed by atoms with van der Waals surface area (Å²) in [6.45, 7) is 0.731. The van der Waals surface area contributed by atoms with Gasteiger partial charge in [-0.3, -0.25) is 4.79 Å². The van der Waals surface area contributed by atoms with Crippen LogP contribution in [0.5, 0.6) is 5.75 Å². The van der Waals surface area contributed by atoms with Crippen molar-refractivity contribution >= 4 is 33.4 Å². The van der Waals surface area contributed by atoms with E-state index >= 15 is 0 Å². The molecule has 1 aliphatic rings. The number of likely N-dealkylation sites (N-methyl/N-ethyl adjacent to an activating group) is 1. The van der Waals surface area contributed by atoms with Crippen molar-refractivity contribution in [3.05, 3.63) is 27.7 Å². The van der Waals surface area contributed by atoms with Gasteiger partial charge in [-0.05, 0) is 18.2 Å². The largest absolute Gasteiger partial charge is 0.479 e. The molecule has 5 heteroatoms. The third kappa shape index (κ3) is 2.33. The number of hydrogen-bond donors (Lipinski definition) is 0. The zero-order valence-electron chi connectivity index (χ0n) is 8.74. The highest BCUT2D eigenvalue weighted by Gasteiger charge is 2.31. The highest BCUT2D eigenvalue weighted by molar-refractivity contribution is 9.10. The minimum atomic E-state index is -0.406. The molecule has 1 heterocycles. The molecule has 0 aromatic heterocycles. The number of ether oxygens (including phenoxy) is 1. The lowest BCUT2D eigenvalue weighted by Crippen LogP contribution is -2.29. The van der Waals surface area contributed by atoms with Crippen molar-refractivity contribution in [2.24, 2.45) is 0 Å². The Kier molecular flexibility index (Phi) is 3.40. The summed E-state index contributed by atoms with van der Waals surface area (Å²) in [4.78, 5) is 13.3. The van der Waals surface area contributed by atoms with Crippen LogP contribution in [0, 0.1) is 0 Å². The summed E-state index contributed by atoms with van der Waals surface area (Å²) in [5.41, 5.74) is 0. The second-order valence-corrected chi connectivity index (χ2v) is 5.05.